The first kappa shape index (κ1) is 18.3. The van der Waals surface area contributed by atoms with Gasteiger partial charge in [-0.25, -0.2) is 0 Å². The molecule has 1 atom stereocenters. The molecule has 1 aromatic heterocycles. The molecule has 7 heteroatoms. The second-order valence-electron chi connectivity index (χ2n) is 5.87. The van der Waals surface area contributed by atoms with Crippen molar-refractivity contribution in [3.8, 4) is 11.5 Å². The third kappa shape index (κ3) is 4.38. The number of benzene rings is 2. The zero-order valence-electron chi connectivity index (χ0n) is 15.4. The molecule has 140 valence electrons. The van der Waals surface area contributed by atoms with E-state index in [-0.39, 0.29) is 5.91 Å². The highest BCUT2D eigenvalue weighted by atomic mass is 16.5. The van der Waals surface area contributed by atoms with Gasteiger partial charge < -0.3 is 24.6 Å². The SMILES string of the molecule is COc1ccc(NC(C(=O)Nc2cc(C)on2)c2ccccc2)cc1OC. The number of nitrogens with one attached hydrogen (secondary N) is 2. The fourth-order valence-corrected chi connectivity index (χ4v) is 2.66. The monoisotopic (exact) mass is 367 g/mol. The lowest BCUT2D eigenvalue weighted by molar-refractivity contribution is -0.117. The number of hydrogen-bond donors (Lipinski definition) is 2. The number of rotatable bonds is 7. The highest BCUT2D eigenvalue weighted by molar-refractivity contribution is 5.96. The quantitative estimate of drug-likeness (QED) is 0.661. The maximum atomic E-state index is 12.9. The van der Waals surface area contributed by atoms with Crippen molar-refractivity contribution in [2.24, 2.45) is 0 Å². The summed E-state index contributed by atoms with van der Waals surface area (Å²) in [7, 11) is 3.14. The molecule has 1 unspecified atom stereocenters. The molecule has 0 spiro atoms. The molecule has 0 bridgehead atoms. The lowest BCUT2D eigenvalue weighted by atomic mass is 10.1. The van der Waals surface area contributed by atoms with E-state index in [0.29, 0.717) is 28.8 Å². The predicted molar refractivity (Wildman–Crippen MR) is 102 cm³/mol. The normalized spacial score (nSPS) is 11.5. The second kappa shape index (κ2) is 8.27. The summed E-state index contributed by atoms with van der Waals surface area (Å²) in [5.74, 6) is 1.91. The highest BCUT2D eigenvalue weighted by Crippen LogP contribution is 2.31. The number of carbonyl (C=O) groups is 1. The lowest BCUT2D eigenvalue weighted by Gasteiger charge is -2.20. The van der Waals surface area contributed by atoms with E-state index >= 15 is 0 Å². The van der Waals surface area contributed by atoms with Crippen LogP contribution in [-0.4, -0.2) is 25.3 Å². The van der Waals surface area contributed by atoms with Gasteiger partial charge in [-0.2, -0.15) is 0 Å². The van der Waals surface area contributed by atoms with E-state index < -0.39 is 6.04 Å². The zero-order chi connectivity index (χ0) is 19.2. The predicted octanol–water partition coefficient (Wildman–Crippen LogP) is 3.79. The molecule has 7 nitrogen and oxygen atoms in total. The summed E-state index contributed by atoms with van der Waals surface area (Å²) in [6, 6.07) is 15.8. The van der Waals surface area contributed by atoms with Crippen molar-refractivity contribution in [3.05, 3.63) is 65.9 Å². The molecule has 2 N–H and O–H groups in total. The number of anilines is 2. The minimum absolute atomic E-state index is 0.260. The lowest BCUT2D eigenvalue weighted by Crippen LogP contribution is -2.27. The molecule has 1 heterocycles. The topological polar surface area (TPSA) is 85.6 Å². The summed E-state index contributed by atoms with van der Waals surface area (Å²) in [6.07, 6.45) is 0. The van der Waals surface area contributed by atoms with Gasteiger partial charge >= 0.3 is 0 Å². The van der Waals surface area contributed by atoms with Crippen molar-refractivity contribution in [2.45, 2.75) is 13.0 Å². The van der Waals surface area contributed by atoms with Gasteiger partial charge in [0, 0.05) is 17.8 Å². The molecule has 3 aromatic rings. The molecule has 0 aliphatic heterocycles. The number of ether oxygens (including phenoxy) is 2. The summed E-state index contributed by atoms with van der Waals surface area (Å²) < 4.78 is 15.6. The first-order chi connectivity index (χ1) is 13.1. The Kier molecular flexibility index (Phi) is 5.61. The largest absolute Gasteiger partial charge is 0.493 e. The molecule has 2 aromatic carbocycles. The molecule has 3 rings (SSSR count). The maximum absolute atomic E-state index is 12.9. The third-order valence-corrected chi connectivity index (χ3v) is 3.97. The number of nitrogens with zero attached hydrogens (tertiary/aromatic N) is 1. The van der Waals surface area contributed by atoms with Crippen LogP contribution >= 0.6 is 0 Å². The molecular weight excluding hydrogens is 346 g/mol. The van der Waals surface area contributed by atoms with Crippen molar-refractivity contribution in [3.63, 3.8) is 0 Å². The van der Waals surface area contributed by atoms with Gasteiger partial charge in [0.25, 0.3) is 5.91 Å². The fraction of sp³-hybridized carbons (Fsp3) is 0.200. The average molecular weight is 367 g/mol. The third-order valence-electron chi connectivity index (χ3n) is 3.97. The Morgan fingerprint density at radius 2 is 1.78 bits per heavy atom. The summed E-state index contributed by atoms with van der Waals surface area (Å²) in [4.78, 5) is 12.9. The van der Waals surface area contributed by atoms with Gasteiger partial charge in [-0.3, -0.25) is 4.79 Å². The molecule has 27 heavy (non-hydrogen) atoms. The van der Waals surface area contributed by atoms with E-state index in [2.05, 4.69) is 15.8 Å². The maximum Gasteiger partial charge on any atom is 0.252 e. The van der Waals surface area contributed by atoms with Crippen LogP contribution in [0.3, 0.4) is 0 Å². The van der Waals surface area contributed by atoms with Gasteiger partial charge in [0.05, 0.1) is 14.2 Å². The van der Waals surface area contributed by atoms with Crippen LogP contribution in [0.25, 0.3) is 0 Å². The second-order valence-corrected chi connectivity index (χ2v) is 5.87. The number of methoxy groups -OCH3 is 2. The molecule has 1 amide bonds. The van der Waals surface area contributed by atoms with Gasteiger partial charge in [-0.1, -0.05) is 35.5 Å². The van der Waals surface area contributed by atoms with E-state index in [1.54, 1.807) is 39.3 Å². The van der Waals surface area contributed by atoms with Crippen LogP contribution in [-0.2, 0) is 4.79 Å². The van der Waals surface area contributed by atoms with Crippen molar-refractivity contribution in [1.82, 2.24) is 5.16 Å². The summed E-state index contributed by atoms with van der Waals surface area (Å²) in [5.41, 5.74) is 1.53. The summed E-state index contributed by atoms with van der Waals surface area (Å²) in [5, 5.41) is 9.83. The van der Waals surface area contributed by atoms with E-state index in [4.69, 9.17) is 14.0 Å². The highest BCUT2D eigenvalue weighted by Gasteiger charge is 2.22. The van der Waals surface area contributed by atoms with Crippen LogP contribution in [0.15, 0.2) is 59.1 Å². The van der Waals surface area contributed by atoms with E-state index in [0.717, 1.165) is 5.56 Å². The molecule has 0 saturated heterocycles. The van der Waals surface area contributed by atoms with E-state index in [9.17, 15) is 4.79 Å². The van der Waals surface area contributed by atoms with Crippen LogP contribution in [0.2, 0.25) is 0 Å². The van der Waals surface area contributed by atoms with Crippen LogP contribution in [0.1, 0.15) is 17.4 Å². The molecule has 0 aliphatic carbocycles. The fourth-order valence-electron chi connectivity index (χ4n) is 2.66. The Morgan fingerprint density at radius 3 is 2.41 bits per heavy atom. The number of aryl methyl sites for hydroxylation is 1. The van der Waals surface area contributed by atoms with Crippen LogP contribution in [0.4, 0.5) is 11.5 Å². The van der Waals surface area contributed by atoms with Crippen molar-refractivity contribution in [1.29, 1.82) is 0 Å². The first-order valence-corrected chi connectivity index (χ1v) is 8.38. The number of carbonyl (C=O) groups excluding carboxylic acids is 1. The van der Waals surface area contributed by atoms with Gasteiger partial charge in [0.2, 0.25) is 0 Å². The van der Waals surface area contributed by atoms with E-state index in [1.807, 2.05) is 36.4 Å². The van der Waals surface area contributed by atoms with E-state index in [1.165, 1.54) is 0 Å². The van der Waals surface area contributed by atoms with Crippen molar-refractivity contribution < 1.29 is 18.8 Å². The molecule has 0 fully saturated rings. The van der Waals surface area contributed by atoms with Gasteiger partial charge in [-0.15, -0.1) is 0 Å². The molecule has 0 aliphatic rings. The number of hydrogen-bond acceptors (Lipinski definition) is 6. The van der Waals surface area contributed by atoms with Crippen LogP contribution in [0.5, 0.6) is 11.5 Å². The first-order valence-electron chi connectivity index (χ1n) is 8.38. The Morgan fingerprint density at radius 1 is 1.04 bits per heavy atom. The standard InChI is InChI=1S/C20H21N3O4/c1-13-11-18(23-27-13)22-20(24)19(14-7-5-4-6-8-14)21-15-9-10-16(25-2)17(12-15)26-3/h4-12,19,21H,1-3H3,(H,22,23,24). The van der Waals surface area contributed by atoms with Crippen LogP contribution < -0.4 is 20.1 Å². The minimum atomic E-state index is -0.638. The Bertz CT molecular complexity index is 909. The molecular formula is C20H21N3O4. The van der Waals surface area contributed by atoms with Crippen LogP contribution in [0, 0.1) is 6.92 Å². The smallest absolute Gasteiger partial charge is 0.252 e. The Hall–Kier alpha value is -3.48. The molecule has 0 saturated carbocycles. The Balaban J connectivity index is 1.87. The summed E-state index contributed by atoms with van der Waals surface area (Å²) in [6.45, 7) is 1.76. The van der Waals surface area contributed by atoms with Crippen molar-refractivity contribution in [2.75, 3.05) is 24.9 Å². The van der Waals surface area contributed by atoms with Crippen molar-refractivity contribution >= 4 is 17.4 Å². The Labute approximate surface area is 157 Å². The zero-order valence-corrected chi connectivity index (χ0v) is 15.4. The van der Waals surface area contributed by atoms with Gasteiger partial charge in [0.1, 0.15) is 11.8 Å². The average Bonchev–Trinajstić information content (AvgIpc) is 3.11. The summed E-state index contributed by atoms with van der Waals surface area (Å²) >= 11 is 0. The number of aromatic nitrogens is 1. The van der Waals surface area contributed by atoms with Gasteiger partial charge in [0.15, 0.2) is 17.3 Å². The number of amides is 1. The molecule has 0 radical (unpaired) electrons. The van der Waals surface area contributed by atoms with Gasteiger partial charge in [-0.05, 0) is 24.6 Å². The minimum Gasteiger partial charge on any atom is -0.493 e.